The van der Waals surface area contributed by atoms with Gasteiger partial charge in [0, 0.05) is 37.3 Å². The number of rotatable bonds is 4. The van der Waals surface area contributed by atoms with E-state index >= 15 is 0 Å². The largest absolute Gasteiger partial charge is 0.481 e. The first-order valence-corrected chi connectivity index (χ1v) is 8.73. The number of thioether (sulfide) groups is 1. The average molecular weight is 319 g/mol. The van der Waals surface area contributed by atoms with Gasteiger partial charge < -0.3 is 9.67 Å². The quantitative estimate of drug-likeness (QED) is 0.858. The minimum absolute atomic E-state index is 0.0141. The summed E-state index contributed by atoms with van der Waals surface area (Å²) in [5.41, 5.74) is 0. The van der Waals surface area contributed by atoms with Crippen LogP contribution in [0, 0.1) is 6.92 Å². The van der Waals surface area contributed by atoms with Crippen LogP contribution in [-0.2, 0) is 21.9 Å². The fourth-order valence-corrected chi connectivity index (χ4v) is 5.01. The minimum atomic E-state index is -3.73. The summed E-state index contributed by atoms with van der Waals surface area (Å²) < 4.78 is 28.1. The highest BCUT2D eigenvalue weighted by atomic mass is 32.2. The summed E-state index contributed by atoms with van der Waals surface area (Å²) >= 11 is 1.57. The predicted octanol–water partition coefficient (Wildman–Crippen LogP) is 0.309. The van der Waals surface area contributed by atoms with Gasteiger partial charge in [-0.15, -0.1) is 0 Å². The van der Waals surface area contributed by atoms with E-state index in [0.717, 1.165) is 0 Å². The fraction of sp³-hybridized carbons (Fsp3) is 0.636. The van der Waals surface area contributed by atoms with Crippen molar-refractivity contribution < 1.29 is 18.3 Å². The summed E-state index contributed by atoms with van der Waals surface area (Å²) in [6.07, 6.45) is 1.28. The van der Waals surface area contributed by atoms with E-state index in [0.29, 0.717) is 23.9 Å². The Labute approximate surface area is 122 Å². The van der Waals surface area contributed by atoms with E-state index in [1.807, 2.05) is 0 Å². The summed E-state index contributed by atoms with van der Waals surface area (Å²) in [5, 5.41) is 8.90. The molecule has 0 spiro atoms. The van der Waals surface area contributed by atoms with Crippen molar-refractivity contribution in [2.75, 3.05) is 18.1 Å². The van der Waals surface area contributed by atoms with E-state index < -0.39 is 22.0 Å². The Morgan fingerprint density at radius 2 is 2.30 bits per heavy atom. The van der Waals surface area contributed by atoms with Crippen molar-refractivity contribution in [1.29, 1.82) is 0 Å². The molecule has 0 radical (unpaired) electrons. The minimum Gasteiger partial charge on any atom is -0.481 e. The van der Waals surface area contributed by atoms with Crippen LogP contribution in [0.3, 0.4) is 0 Å². The Balaban J connectivity index is 2.32. The summed E-state index contributed by atoms with van der Waals surface area (Å²) in [6.45, 7) is 2.04. The van der Waals surface area contributed by atoms with Crippen LogP contribution < -0.4 is 0 Å². The molecule has 7 nitrogen and oxygen atoms in total. The van der Waals surface area contributed by atoms with Gasteiger partial charge >= 0.3 is 5.97 Å². The second-order valence-corrected chi connectivity index (χ2v) is 7.67. The van der Waals surface area contributed by atoms with E-state index in [1.165, 1.54) is 10.5 Å². The van der Waals surface area contributed by atoms with Crippen LogP contribution in [0.1, 0.15) is 12.2 Å². The summed E-state index contributed by atoms with van der Waals surface area (Å²) in [4.78, 5) is 14.9. The maximum atomic E-state index is 12.6. The van der Waals surface area contributed by atoms with Crippen LogP contribution in [0.5, 0.6) is 0 Å². The molecule has 0 saturated carbocycles. The van der Waals surface area contributed by atoms with Crippen LogP contribution in [-0.4, -0.2) is 57.4 Å². The third kappa shape index (κ3) is 2.99. The number of hydrogen-bond acceptors (Lipinski definition) is 5. The standard InChI is InChI=1S/C11H17N3O4S2/c1-8-12-10(6-13(8)2)20(17,18)14-3-4-19-7-9(14)5-11(15)16/h6,9H,3-5,7H2,1-2H3,(H,15,16). The topological polar surface area (TPSA) is 92.5 Å². The maximum Gasteiger partial charge on any atom is 0.305 e. The maximum absolute atomic E-state index is 12.6. The molecule has 1 aliphatic rings. The Morgan fingerprint density at radius 1 is 1.60 bits per heavy atom. The number of hydrogen-bond donors (Lipinski definition) is 1. The van der Waals surface area contributed by atoms with Gasteiger partial charge in [-0.1, -0.05) is 0 Å². The fourth-order valence-electron chi connectivity index (χ4n) is 2.09. The molecule has 0 aromatic carbocycles. The van der Waals surface area contributed by atoms with E-state index in [9.17, 15) is 13.2 Å². The van der Waals surface area contributed by atoms with Crippen LogP contribution >= 0.6 is 11.8 Å². The number of aromatic nitrogens is 2. The van der Waals surface area contributed by atoms with Crippen LogP contribution in [0.15, 0.2) is 11.2 Å². The summed E-state index contributed by atoms with van der Waals surface area (Å²) in [5.74, 6) is 0.776. The number of carboxylic acid groups (broad SMARTS) is 1. The monoisotopic (exact) mass is 319 g/mol. The van der Waals surface area contributed by atoms with Crippen molar-refractivity contribution in [2.45, 2.75) is 24.4 Å². The molecule has 0 amide bonds. The first-order chi connectivity index (χ1) is 9.32. The first kappa shape index (κ1) is 15.3. The van der Waals surface area contributed by atoms with Gasteiger partial charge in [0.15, 0.2) is 5.03 Å². The first-order valence-electron chi connectivity index (χ1n) is 6.13. The van der Waals surface area contributed by atoms with Gasteiger partial charge in [-0.25, -0.2) is 13.4 Å². The van der Waals surface area contributed by atoms with Crippen molar-refractivity contribution in [3.63, 3.8) is 0 Å². The lowest BCUT2D eigenvalue weighted by Gasteiger charge is -2.32. The van der Waals surface area contributed by atoms with Crippen molar-refractivity contribution in [1.82, 2.24) is 13.9 Å². The number of carboxylic acids is 1. The van der Waals surface area contributed by atoms with Gasteiger partial charge in [0.2, 0.25) is 0 Å². The van der Waals surface area contributed by atoms with E-state index in [4.69, 9.17) is 5.11 Å². The van der Waals surface area contributed by atoms with Crippen molar-refractivity contribution in [3.8, 4) is 0 Å². The van der Waals surface area contributed by atoms with Gasteiger partial charge in [0.25, 0.3) is 10.0 Å². The molecule has 0 aliphatic carbocycles. The molecule has 9 heteroatoms. The zero-order valence-corrected chi connectivity index (χ0v) is 12.9. The van der Waals surface area contributed by atoms with E-state index in [1.54, 1.807) is 30.3 Å². The van der Waals surface area contributed by atoms with Gasteiger partial charge in [-0.3, -0.25) is 4.79 Å². The van der Waals surface area contributed by atoms with Gasteiger partial charge in [-0.2, -0.15) is 16.1 Å². The molecule has 112 valence electrons. The molecule has 1 aliphatic heterocycles. The molecule has 1 fully saturated rings. The Hall–Kier alpha value is -1.06. The second kappa shape index (κ2) is 5.74. The Kier molecular flexibility index (Phi) is 4.40. The number of nitrogens with zero attached hydrogens (tertiary/aromatic N) is 3. The molecule has 2 heterocycles. The van der Waals surface area contributed by atoms with E-state index in [2.05, 4.69) is 4.98 Å². The highest BCUT2D eigenvalue weighted by molar-refractivity contribution is 7.99. The predicted molar refractivity (Wildman–Crippen MR) is 75.2 cm³/mol. The lowest BCUT2D eigenvalue weighted by Crippen LogP contribution is -2.47. The number of carbonyl (C=O) groups is 1. The second-order valence-electron chi connectivity index (χ2n) is 4.68. The molecular weight excluding hydrogens is 302 g/mol. The summed E-state index contributed by atoms with van der Waals surface area (Å²) in [7, 11) is -2.01. The molecule has 2 rings (SSSR count). The highest BCUT2D eigenvalue weighted by Crippen LogP contribution is 2.25. The normalized spacial score (nSPS) is 21.0. The van der Waals surface area contributed by atoms with Gasteiger partial charge in [-0.05, 0) is 6.92 Å². The molecule has 1 aromatic heterocycles. The Bertz CT molecular complexity index is 592. The van der Waals surface area contributed by atoms with Crippen LogP contribution in [0.2, 0.25) is 0 Å². The molecule has 0 bridgehead atoms. The lowest BCUT2D eigenvalue weighted by molar-refractivity contribution is -0.137. The van der Waals surface area contributed by atoms with Crippen LogP contribution in [0.4, 0.5) is 0 Å². The van der Waals surface area contributed by atoms with Crippen molar-refractivity contribution in [3.05, 3.63) is 12.0 Å². The number of aryl methyl sites for hydroxylation is 2. The third-order valence-electron chi connectivity index (χ3n) is 3.24. The van der Waals surface area contributed by atoms with Crippen molar-refractivity contribution >= 4 is 27.8 Å². The number of aliphatic carboxylic acids is 1. The van der Waals surface area contributed by atoms with Gasteiger partial charge in [0.1, 0.15) is 5.82 Å². The number of imidazole rings is 1. The molecule has 1 atom stereocenters. The molecule has 1 saturated heterocycles. The number of sulfonamides is 1. The SMILES string of the molecule is Cc1nc(S(=O)(=O)N2CCSCC2CC(=O)O)cn1C. The Morgan fingerprint density at radius 3 is 2.85 bits per heavy atom. The highest BCUT2D eigenvalue weighted by Gasteiger charge is 2.36. The molecule has 1 aromatic rings. The lowest BCUT2D eigenvalue weighted by atomic mass is 10.2. The third-order valence-corrected chi connectivity index (χ3v) is 6.16. The zero-order chi connectivity index (χ0) is 14.9. The molecular formula is C11H17N3O4S2. The summed E-state index contributed by atoms with van der Waals surface area (Å²) in [6, 6.07) is -0.515. The smallest absolute Gasteiger partial charge is 0.305 e. The van der Waals surface area contributed by atoms with Crippen molar-refractivity contribution in [2.24, 2.45) is 7.05 Å². The van der Waals surface area contributed by atoms with Crippen LogP contribution in [0.25, 0.3) is 0 Å². The molecule has 1 N–H and O–H groups in total. The van der Waals surface area contributed by atoms with Gasteiger partial charge in [0.05, 0.1) is 6.42 Å². The van der Waals surface area contributed by atoms with E-state index in [-0.39, 0.29) is 11.4 Å². The average Bonchev–Trinajstić information content (AvgIpc) is 2.70. The molecule has 1 unspecified atom stereocenters. The molecule has 20 heavy (non-hydrogen) atoms. The zero-order valence-electron chi connectivity index (χ0n) is 11.3.